The van der Waals surface area contributed by atoms with Gasteiger partial charge in [0, 0.05) is 6.07 Å². The Morgan fingerprint density at radius 2 is 1.95 bits per heavy atom. The van der Waals surface area contributed by atoms with E-state index in [1.165, 1.54) is 7.11 Å². The first-order chi connectivity index (χ1) is 9.01. The number of hydrogen-bond donors (Lipinski definition) is 2. The first-order valence-corrected chi connectivity index (χ1v) is 6.74. The molecule has 0 atom stereocenters. The molecule has 8 heteroatoms. The van der Waals surface area contributed by atoms with Crippen LogP contribution in [0.25, 0.3) is 0 Å². The first kappa shape index (κ1) is 13.1. The molecule has 0 bridgehead atoms. The lowest BCUT2D eigenvalue weighted by Gasteiger charge is -2.08. The smallest absolute Gasteiger partial charge is 0.264 e. The van der Waals surface area contributed by atoms with E-state index in [2.05, 4.69) is 14.7 Å². The van der Waals surface area contributed by atoms with Crippen LogP contribution in [-0.4, -0.2) is 25.5 Å². The molecule has 2 aromatic rings. The monoisotopic (exact) mass is 280 g/mol. The number of anilines is 2. The Hall–Kier alpha value is -2.35. The van der Waals surface area contributed by atoms with E-state index in [-0.39, 0.29) is 10.8 Å². The number of ether oxygens (including phenoxy) is 1. The largest absolute Gasteiger partial charge is 0.497 e. The van der Waals surface area contributed by atoms with Gasteiger partial charge in [-0.1, -0.05) is 6.07 Å². The molecule has 0 fully saturated rings. The molecule has 3 N–H and O–H groups in total. The lowest BCUT2D eigenvalue weighted by Crippen LogP contribution is -2.14. The van der Waals surface area contributed by atoms with Crippen molar-refractivity contribution in [1.29, 1.82) is 0 Å². The zero-order valence-corrected chi connectivity index (χ0v) is 10.9. The van der Waals surface area contributed by atoms with Gasteiger partial charge in [0.05, 0.1) is 25.2 Å². The van der Waals surface area contributed by atoms with Gasteiger partial charge in [0.2, 0.25) is 5.95 Å². The van der Waals surface area contributed by atoms with Crippen LogP contribution in [0.3, 0.4) is 0 Å². The van der Waals surface area contributed by atoms with Gasteiger partial charge in [0.1, 0.15) is 10.6 Å². The molecule has 1 heterocycles. The van der Waals surface area contributed by atoms with Crippen LogP contribution < -0.4 is 15.2 Å². The van der Waals surface area contributed by atoms with Crippen LogP contribution in [0.5, 0.6) is 5.75 Å². The Balaban J connectivity index is 2.28. The van der Waals surface area contributed by atoms with Crippen molar-refractivity contribution in [2.75, 3.05) is 17.6 Å². The fourth-order valence-electron chi connectivity index (χ4n) is 1.37. The first-order valence-electron chi connectivity index (χ1n) is 5.25. The predicted octanol–water partition coefficient (Wildman–Crippen LogP) is 0.868. The summed E-state index contributed by atoms with van der Waals surface area (Å²) in [6.45, 7) is 0. The zero-order chi connectivity index (χ0) is 13.9. The van der Waals surface area contributed by atoms with E-state index in [0.29, 0.717) is 11.4 Å². The Bertz CT molecular complexity index is 671. The number of hydrogen-bond acceptors (Lipinski definition) is 6. The average molecular weight is 280 g/mol. The highest BCUT2D eigenvalue weighted by molar-refractivity contribution is 7.92. The van der Waals surface area contributed by atoms with Crippen LogP contribution in [0.1, 0.15) is 0 Å². The van der Waals surface area contributed by atoms with Crippen molar-refractivity contribution < 1.29 is 13.2 Å². The molecule has 100 valence electrons. The van der Waals surface area contributed by atoms with Crippen LogP contribution in [0.2, 0.25) is 0 Å². The van der Waals surface area contributed by atoms with E-state index in [4.69, 9.17) is 10.5 Å². The van der Waals surface area contributed by atoms with Crippen molar-refractivity contribution in [1.82, 2.24) is 9.97 Å². The quantitative estimate of drug-likeness (QED) is 0.860. The van der Waals surface area contributed by atoms with Crippen LogP contribution in [0.15, 0.2) is 41.6 Å². The van der Waals surface area contributed by atoms with Crippen molar-refractivity contribution in [2.45, 2.75) is 4.90 Å². The summed E-state index contributed by atoms with van der Waals surface area (Å²) < 4.78 is 31.5. The molecule has 2 rings (SSSR count). The van der Waals surface area contributed by atoms with Crippen molar-refractivity contribution >= 4 is 21.7 Å². The molecule has 0 aliphatic carbocycles. The van der Waals surface area contributed by atoms with Gasteiger partial charge in [0.15, 0.2) is 0 Å². The number of benzene rings is 1. The minimum absolute atomic E-state index is 0.0142. The van der Waals surface area contributed by atoms with Gasteiger partial charge in [-0.2, -0.15) is 0 Å². The van der Waals surface area contributed by atoms with Gasteiger partial charge in [-0.15, -0.1) is 0 Å². The maximum Gasteiger partial charge on any atom is 0.264 e. The van der Waals surface area contributed by atoms with E-state index in [1.54, 1.807) is 24.3 Å². The van der Waals surface area contributed by atoms with Gasteiger partial charge in [-0.3, -0.25) is 4.72 Å². The zero-order valence-electron chi connectivity index (χ0n) is 10.1. The van der Waals surface area contributed by atoms with Gasteiger partial charge in [-0.25, -0.2) is 18.4 Å². The second kappa shape index (κ2) is 5.11. The highest BCUT2D eigenvalue weighted by atomic mass is 32.2. The number of aromatic nitrogens is 2. The molecule has 1 aromatic heterocycles. The standard InChI is InChI=1S/C11H12N4O3S/c1-18-9-4-2-3-8(5-9)15-19(16,17)10-6-13-11(12)14-7-10/h2-7,15H,1H3,(H2,12,13,14). The summed E-state index contributed by atoms with van der Waals surface area (Å²) in [6.07, 6.45) is 2.29. The maximum absolute atomic E-state index is 12.0. The minimum Gasteiger partial charge on any atom is -0.497 e. The van der Waals surface area contributed by atoms with Gasteiger partial charge >= 0.3 is 0 Å². The normalized spacial score (nSPS) is 11.0. The number of nitrogens with zero attached hydrogens (tertiary/aromatic N) is 2. The molecule has 19 heavy (non-hydrogen) atoms. The van der Waals surface area contributed by atoms with Gasteiger partial charge in [-0.05, 0) is 12.1 Å². The summed E-state index contributed by atoms with van der Waals surface area (Å²) in [5.74, 6) is 0.564. The molecule has 0 amide bonds. The van der Waals surface area contributed by atoms with Crippen LogP contribution in [0, 0.1) is 0 Å². The van der Waals surface area contributed by atoms with Gasteiger partial charge in [0.25, 0.3) is 10.0 Å². The van der Waals surface area contributed by atoms with Crippen molar-refractivity contribution in [3.8, 4) is 5.75 Å². The van der Waals surface area contributed by atoms with Crippen LogP contribution in [-0.2, 0) is 10.0 Å². The second-order valence-electron chi connectivity index (χ2n) is 3.61. The highest BCUT2D eigenvalue weighted by Crippen LogP contribution is 2.20. The summed E-state index contributed by atoms with van der Waals surface area (Å²) in [7, 11) is -2.24. The van der Waals surface area contributed by atoms with E-state index in [0.717, 1.165) is 12.4 Å². The summed E-state index contributed by atoms with van der Waals surface area (Å²) in [5, 5.41) is 0. The number of nitrogen functional groups attached to an aromatic ring is 1. The molecule has 0 spiro atoms. The van der Waals surface area contributed by atoms with E-state index in [1.807, 2.05) is 0 Å². The summed E-state index contributed by atoms with van der Waals surface area (Å²) in [6, 6.07) is 6.56. The lowest BCUT2D eigenvalue weighted by molar-refractivity contribution is 0.415. The predicted molar refractivity (Wildman–Crippen MR) is 70.2 cm³/mol. The number of rotatable bonds is 4. The SMILES string of the molecule is COc1cccc(NS(=O)(=O)c2cnc(N)nc2)c1. The number of methoxy groups -OCH3 is 1. The number of nitrogens with two attached hydrogens (primary N) is 1. The molecular weight excluding hydrogens is 268 g/mol. The number of nitrogens with one attached hydrogen (secondary N) is 1. The van der Waals surface area contributed by atoms with Crippen molar-refractivity contribution in [3.63, 3.8) is 0 Å². The Kier molecular flexibility index (Phi) is 3.52. The lowest BCUT2D eigenvalue weighted by atomic mass is 10.3. The van der Waals surface area contributed by atoms with Crippen LogP contribution in [0.4, 0.5) is 11.6 Å². The van der Waals surface area contributed by atoms with Crippen molar-refractivity contribution in [3.05, 3.63) is 36.7 Å². The molecule has 0 aliphatic rings. The fraction of sp³-hybridized carbons (Fsp3) is 0.0909. The molecule has 7 nitrogen and oxygen atoms in total. The van der Waals surface area contributed by atoms with Crippen molar-refractivity contribution in [2.24, 2.45) is 0 Å². The molecule has 1 aromatic carbocycles. The van der Waals surface area contributed by atoms with E-state index in [9.17, 15) is 8.42 Å². The molecule has 0 saturated heterocycles. The second-order valence-corrected chi connectivity index (χ2v) is 5.30. The summed E-state index contributed by atoms with van der Waals surface area (Å²) in [4.78, 5) is 7.22. The maximum atomic E-state index is 12.0. The topological polar surface area (TPSA) is 107 Å². The highest BCUT2D eigenvalue weighted by Gasteiger charge is 2.15. The molecule has 0 radical (unpaired) electrons. The van der Waals surface area contributed by atoms with E-state index >= 15 is 0 Å². The third kappa shape index (κ3) is 3.10. The molecule has 0 aliphatic heterocycles. The van der Waals surface area contributed by atoms with E-state index < -0.39 is 10.0 Å². The Morgan fingerprint density at radius 1 is 1.26 bits per heavy atom. The number of sulfonamides is 1. The summed E-state index contributed by atoms with van der Waals surface area (Å²) in [5.41, 5.74) is 5.69. The third-order valence-corrected chi connectivity index (χ3v) is 3.62. The molecular formula is C11H12N4O3S. The van der Waals surface area contributed by atoms with Gasteiger partial charge < -0.3 is 10.5 Å². The Labute approximate surface area is 110 Å². The third-order valence-electron chi connectivity index (χ3n) is 2.28. The molecule has 0 unspecified atom stereocenters. The van der Waals surface area contributed by atoms with Crippen LogP contribution >= 0.6 is 0 Å². The molecule has 0 saturated carbocycles. The average Bonchev–Trinajstić information content (AvgIpc) is 2.39. The summed E-state index contributed by atoms with van der Waals surface area (Å²) >= 11 is 0. The Morgan fingerprint density at radius 3 is 2.58 bits per heavy atom. The minimum atomic E-state index is -3.74. The fourth-order valence-corrected chi connectivity index (χ4v) is 2.30.